The summed E-state index contributed by atoms with van der Waals surface area (Å²) in [6.45, 7) is -0.334. The highest BCUT2D eigenvalue weighted by atomic mass is 32.2. The van der Waals surface area contributed by atoms with E-state index in [4.69, 9.17) is 5.26 Å². The first-order valence-corrected chi connectivity index (χ1v) is 5.43. The van der Waals surface area contributed by atoms with E-state index in [-0.39, 0.29) is 23.9 Å². The second-order valence-corrected chi connectivity index (χ2v) is 4.79. The van der Waals surface area contributed by atoms with Crippen LogP contribution in [-0.4, -0.2) is 43.9 Å². The number of nitriles is 1. The Morgan fingerprint density at radius 1 is 1.47 bits per heavy atom. The monoisotopic (exact) mass is 243 g/mol. The molecular formula is C6H8F3N3O2S. The average molecular weight is 243 g/mol. The number of nitrogens with zero attached hydrogens (tertiary/aromatic N) is 2. The Bertz CT molecular complexity index is 372. The Hall–Kier alpha value is -0.850. The molecule has 1 N–H and O–H groups in total. The maximum atomic E-state index is 12.2. The van der Waals surface area contributed by atoms with Gasteiger partial charge in [-0.2, -0.15) is 22.7 Å². The van der Waals surface area contributed by atoms with Crippen molar-refractivity contribution in [2.24, 2.45) is 0 Å². The van der Waals surface area contributed by atoms with Gasteiger partial charge in [0.2, 0.25) is 0 Å². The SMILES string of the molecule is N#CC1CNCCN1S(=O)(=O)C(F)(F)F. The second-order valence-electron chi connectivity index (χ2n) is 2.91. The van der Waals surface area contributed by atoms with E-state index in [0.29, 0.717) is 0 Å². The Morgan fingerprint density at radius 3 is 2.53 bits per heavy atom. The lowest BCUT2D eigenvalue weighted by atomic mass is 10.3. The van der Waals surface area contributed by atoms with Crippen molar-refractivity contribution in [3.8, 4) is 6.07 Å². The maximum Gasteiger partial charge on any atom is 0.511 e. The molecule has 1 heterocycles. The summed E-state index contributed by atoms with van der Waals surface area (Å²) >= 11 is 0. The zero-order valence-electron chi connectivity index (χ0n) is 7.45. The first-order valence-electron chi connectivity index (χ1n) is 3.99. The van der Waals surface area contributed by atoms with Crippen molar-refractivity contribution in [1.82, 2.24) is 9.62 Å². The Balaban J connectivity index is 3.01. The van der Waals surface area contributed by atoms with Crippen LogP contribution in [-0.2, 0) is 10.0 Å². The fraction of sp³-hybridized carbons (Fsp3) is 0.833. The van der Waals surface area contributed by atoms with Gasteiger partial charge in [0, 0.05) is 19.6 Å². The fourth-order valence-corrected chi connectivity index (χ4v) is 2.27. The molecule has 0 bridgehead atoms. The Labute approximate surface area is 84.5 Å². The third-order valence-corrected chi connectivity index (χ3v) is 3.58. The van der Waals surface area contributed by atoms with Gasteiger partial charge in [0.15, 0.2) is 0 Å². The maximum absolute atomic E-state index is 12.2. The van der Waals surface area contributed by atoms with Crippen molar-refractivity contribution < 1.29 is 21.6 Å². The summed E-state index contributed by atoms with van der Waals surface area (Å²) in [6, 6.07) is 0.216. The van der Waals surface area contributed by atoms with Gasteiger partial charge in [-0.15, -0.1) is 0 Å². The van der Waals surface area contributed by atoms with E-state index in [1.165, 1.54) is 6.07 Å². The summed E-state index contributed by atoms with van der Waals surface area (Å²) in [5, 5.41) is 11.2. The smallest absolute Gasteiger partial charge is 0.313 e. The van der Waals surface area contributed by atoms with Crippen LogP contribution in [0.15, 0.2) is 0 Å². The van der Waals surface area contributed by atoms with Crippen molar-refractivity contribution in [2.45, 2.75) is 11.6 Å². The molecule has 0 spiro atoms. The predicted octanol–water partition coefficient (Wildman–Crippen LogP) is -0.367. The quantitative estimate of drug-likeness (QED) is 0.682. The highest BCUT2D eigenvalue weighted by molar-refractivity contribution is 7.90. The number of nitrogens with one attached hydrogen (secondary N) is 1. The van der Waals surface area contributed by atoms with Crippen LogP contribution in [0.1, 0.15) is 0 Å². The van der Waals surface area contributed by atoms with Crippen molar-refractivity contribution >= 4 is 10.0 Å². The van der Waals surface area contributed by atoms with Gasteiger partial charge < -0.3 is 5.32 Å². The molecule has 86 valence electrons. The number of rotatable bonds is 1. The molecule has 1 aliphatic rings. The van der Waals surface area contributed by atoms with Crippen LogP contribution >= 0.6 is 0 Å². The van der Waals surface area contributed by atoms with Gasteiger partial charge >= 0.3 is 15.5 Å². The van der Waals surface area contributed by atoms with Gasteiger partial charge in [0.05, 0.1) is 6.07 Å². The number of halogens is 3. The van der Waals surface area contributed by atoms with Crippen LogP contribution in [0.4, 0.5) is 13.2 Å². The van der Waals surface area contributed by atoms with E-state index in [9.17, 15) is 21.6 Å². The summed E-state index contributed by atoms with van der Waals surface area (Å²) in [4.78, 5) is 0. The minimum Gasteiger partial charge on any atom is -0.313 e. The molecule has 1 atom stereocenters. The normalized spacial score (nSPS) is 24.8. The number of sulfonamides is 1. The molecular weight excluding hydrogens is 235 g/mol. The van der Waals surface area contributed by atoms with Crippen molar-refractivity contribution in [1.29, 1.82) is 5.26 Å². The van der Waals surface area contributed by atoms with Gasteiger partial charge in [-0.1, -0.05) is 0 Å². The van der Waals surface area contributed by atoms with Gasteiger partial charge in [-0.05, 0) is 0 Å². The van der Waals surface area contributed by atoms with Crippen molar-refractivity contribution in [3.05, 3.63) is 0 Å². The molecule has 0 aromatic rings. The van der Waals surface area contributed by atoms with E-state index in [1.807, 2.05) is 0 Å². The first-order chi connectivity index (χ1) is 6.80. The molecule has 0 radical (unpaired) electrons. The van der Waals surface area contributed by atoms with E-state index in [1.54, 1.807) is 0 Å². The van der Waals surface area contributed by atoms with Gasteiger partial charge in [-0.25, -0.2) is 8.42 Å². The van der Waals surface area contributed by atoms with Gasteiger partial charge in [0.1, 0.15) is 6.04 Å². The predicted molar refractivity (Wildman–Crippen MR) is 44.0 cm³/mol. The summed E-state index contributed by atoms with van der Waals surface area (Å²) in [7, 11) is -5.39. The highest BCUT2D eigenvalue weighted by Gasteiger charge is 2.52. The topological polar surface area (TPSA) is 73.2 Å². The largest absolute Gasteiger partial charge is 0.511 e. The summed E-state index contributed by atoms with van der Waals surface area (Å²) in [5.41, 5.74) is -5.35. The molecule has 1 aliphatic heterocycles. The molecule has 1 rings (SSSR count). The zero-order valence-corrected chi connectivity index (χ0v) is 8.27. The molecule has 15 heavy (non-hydrogen) atoms. The molecule has 1 fully saturated rings. The fourth-order valence-electron chi connectivity index (χ4n) is 1.22. The molecule has 9 heteroatoms. The third kappa shape index (κ3) is 2.22. The average Bonchev–Trinajstić information content (AvgIpc) is 2.16. The van der Waals surface area contributed by atoms with Gasteiger partial charge in [0.25, 0.3) is 0 Å². The van der Waals surface area contributed by atoms with Crippen LogP contribution in [0.25, 0.3) is 0 Å². The second kappa shape index (κ2) is 3.96. The van der Waals surface area contributed by atoms with E-state index >= 15 is 0 Å². The zero-order chi connectivity index (χ0) is 11.7. The van der Waals surface area contributed by atoms with Crippen molar-refractivity contribution in [3.63, 3.8) is 0 Å². The van der Waals surface area contributed by atoms with Gasteiger partial charge in [-0.3, -0.25) is 0 Å². The van der Waals surface area contributed by atoms with Crippen LogP contribution in [0.3, 0.4) is 0 Å². The van der Waals surface area contributed by atoms with Crippen molar-refractivity contribution in [2.75, 3.05) is 19.6 Å². The lowest BCUT2D eigenvalue weighted by Crippen LogP contribution is -2.55. The Kier molecular flexibility index (Phi) is 3.22. The molecule has 0 aromatic heterocycles. The highest BCUT2D eigenvalue weighted by Crippen LogP contribution is 2.28. The van der Waals surface area contributed by atoms with Crippen LogP contribution in [0.5, 0.6) is 0 Å². The van der Waals surface area contributed by atoms with Crippen LogP contribution < -0.4 is 5.32 Å². The molecule has 1 unspecified atom stereocenters. The lowest BCUT2D eigenvalue weighted by molar-refractivity contribution is -0.0498. The summed E-state index contributed by atoms with van der Waals surface area (Å²) in [5.74, 6) is 0. The third-order valence-electron chi connectivity index (χ3n) is 1.94. The van der Waals surface area contributed by atoms with E-state index < -0.39 is 21.6 Å². The van der Waals surface area contributed by atoms with Crippen LogP contribution in [0.2, 0.25) is 0 Å². The minimum atomic E-state index is -5.39. The first kappa shape index (κ1) is 12.2. The van der Waals surface area contributed by atoms with E-state index in [0.717, 1.165) is 0 Å². The number of hydrogen-bond donors (Lipinski definition) is 1. The molecule has 5 nitrogen and oxygen atoms in total. The molecule has 0 aromatic carbocycles. The number of piperazine rings is 1. The molecule has 0 aliphatic carbocycles. The summed E-state index contributed by atoms with van der Waals surface area (Å²) in [6.07, 6.45) is 0. The lowest BCUT2D eigenvalue weighted by Gasteiger charge is -2.31. The minimum absolute atomic E-state index is 0.0915. The van der Waals surface area contributed by atoms with E-state index in [2.05, 4.69) is 5.32 Å². The molecule has 0 amide bonds. The molecule has 1 saturated heterocycles. The standard InChI is InChI=1S/C6H8F3N3O2S/c7-6(8,9)15(13,14)12-2-1-11-4-5(12)3-10/h5,11H,1-2,4H2. The molecule has 0 saturated carbocycles. The number of alkyl halides is 3. The number of hydrogen-bond acceptors (Lipinski definition) is 4. The summed E-state index contributed by atoms with van der Waals surface area (Å²) < 4.78 is 58.7. The van der Waals surface area contributed by atoms with Crippen LogP contribution in [0, 0.1) is 11.3 Å². The Morgan fingerprint density at radius 2 is 2.07 bits per heavy atom.